The minimum atomic E-state index is 0.474. The lowest BCUT2D eigenvalue weighted by atomic mass is 10.0. The Kier molecular flexibility index (Phi) is 3.13. The summed E-state index contributed by atoms with van der Waals surface area (Å²) in [5.41, 5.74) is 0.571. The summed E-state index contributed by atoms with van der Waals surface area (Å²) < 4.78 is 5.08. The van der Waals surface area contributed by atoms with Crippen molar-refractivity contribution < 1.29 is 4.74 Å². The van der Waals surface area contributed by atoms with Crippen molar-refractivity contribution in [2.45, 2.75) is 45.7 Å². The highest BCUT2D eigenvalue weighted by molar-refractivity contribution is 4.97. The third kappa shape index (κ3) is 2.46. The van der Waals surface area contributed by atoms with E-state index in [9.17, 15) is 0 Å². The van der Waals surface area contributed by atoms with Crippen molar-refractivity contribution in [1.82, 2.24) is 5.32 Å². The number of hydrogen-bond acceptors (Lipinski definition) is 2. The quantitative estimate of drug-likeness (QED) is 0.681. The largest absolute Gasteiger partial charge is 0.383 e. The van der Waals surface area contributed by atoms with E-state index in [0.29, 0.717) is 17.5 Å². The summed E-state index contributed by atoms with van der Waals surface area (Å²) >= 11 is 0. The molecule has 1 saturated carbocycles. The van der Waals surface area contributed by atoms with Crippen LogP contribution in [0.15, 0.2) is 0 Å². The summed E-state index contributed by atoms with van der Waals surface area (Å²) in [6.45, 7) is 7.61. The monoisotopic (exact) mass is 171 g/mol. The molecule has 12 heavy (non-hydrogen) atoms. The molecule has 0 radical (unpaired) electrons. The van der Waals surface area contributed by atoms with Crippen molar-refractivity contribution >= 4 is 0 Å². The van der Waals surface area contributed by atoms with Crippen molar-refractivity contribution in [3.05, 3.63) is 0 Å². The summed E-state index contributed by atoms with van der Waals surface area (Å²) in [5, 5.41) is 3.56. The number of hydrogen-bond donors (Lipinski definition) is 1. The van der Waals surface area contributed by atoms with Crippen molar-refractivity contribution in [2.24, 2.45) is 5.41 Å². The smallest absolute Gasteiger partial charge is 0.0613 e. The van der Waals surface area contributed by atoms with Gasteiger partial charge in [0.05, 0.1) is 6.61 Å². The molecule has 0 amide bonds. The molecule has 1 N–H and O–H groups in total. The standard InChI is InChI=1S/C10H21NO/c1-8(7-12-4)11-9(2)10(3)5-6-10/h8-9,11H,5-7H2,1-4H3. The van der Waals surface area contributed by atoms with Crippen LogP contribution in [0.25, 0.3) is 0 Å². The van der Waals surface area contributed by atoms with Gasteiger partial charge in [-0.05, 0) is 32.1 Å². The Morgan fingerprint density at radius 2 is 2.00 bits per heavy atom. The van der Waals surface area contributed by atoms with Gasteiger partial charge in [-0.15, -0.1) is 0 Å². The molecule has 2 heteroatoms. The molecule has 2 nitrogen and oxygen atoms in total. The molecule has 0 heterocycles. The Balaban J connectivity index is 2.21. The first-order valence-corrected chi connectivity index (χ1v) is 4.83. The molecule has 1 aliphatic carbocycles. The number of nitrogens with one attached hydrogen (secondary N) is 1. The Morgan fingerprint density at radius 3 is 2.42 bits per heavy atom. The van der Waals surface area contributed by atoms with Crippen LogP contribution in [0.1, 0.15) is 33.6 Å². The lowest BCUT2D eigenvalue weighted by Crippen LogP contribution is -2.41. The van der Waals surface area contributed by atoms with Gasteiger partial charge in [-0.25, -0.2) is 0 Å². The van der Waals surface area contributed by atoms with Crippen LogP contribution in [0.2, 0.25) is 0 Å². The first-order valence-electron chi connectivity index (χ1n) is 4.83. The summed E-state index contributed by atoms with van der Waals surface area (Å²) in [6, 6.07) is 1.10. The van der Waals surface area contributed by atoms with Gasteiger partial charge >= 0.3 is 0 Å². The van der Waals surface area contributed by atoms with E-state index in [2.05, 4.69) is 26.1 Å². The first-order chi connectivity index (χ1) is 5.58. The van der Waals surface area contributed by atoms with Crippen molar-refractivity contribution in [2.75, 3.05) is 13.7 Å². The maximum Gasteiger partial charge on any atom is 0.0613 e. The van der Waals surface area contributed by atoms with Crippen LogP contribution in [0.4, 0.5) is 0 Å². The van der Waals surface area contributed by atoms with Gasteiger partial charge in [0, 0.05) is 19.2 Å². The van der Waals surface area contributed by atoms with E-state index >= 15 is 0 Å². The lowest BCUT2D eigenvalue weighted by molar-refractivity contribution is 0.161. The van der Waals surface area contributed by atoms with Crippen LogP contribution in [-0.4, -0.2) is 25.8 Å². The second kappa shape index (κ2) is 3.75. The highest BCUT2D eigenvalue weighted by atomic mass is 16.5. The molecule has 2 atom stereocenters. The van der Waals surface area contributed by atoms with Gasteiger partial charge in [0.1, 0.15) is 0 Å². The highest BCUT2D eigenvalue weighted by Crippen LogP contribution is 2.47. The zero-order valence-electron chi connectivity index (χ0n) is 8.68. The van der Waals surface area contributed by atoms with E-state index < -0.39 is 0 Å². The molecule has 1 rings (SSSR count). The van der Waals surface area contributed by atoms with Gasteiger partial charge in [0.2, 0.25) is 0 Å². The fourth-order valence-corrected chi connectivity index (χ4v) is 1.56. The second-order valence-corrected chi connectivity index (χ2v) is 4.40. The fraction of sp³-hybridized carbons (Fsp3) is 1.00. The van der Waals surface area contributed by atoms with Crippen LogP contribution in [0, 0.1) is 5.41 Å². The zero-order chi connectivity index (χ0) is 9.19. The normalized spacial score (nSPS) is 25.0. The van der Waals surface area contributed by atoms with Crippen LogP contribution in [0.5, 0.6) is 0 Å². The number of rotatable bonds is 5. The van der Waals surface area contributed by atoms with Gasteiger partial charge in [0.25, 0.3) is 0 Å². The molecule has 1 fully saturated rings. The third-order valence-corrected chi connectivity index (χ3v) is 3.04. The van der Waals surface area contributed by atoms with Gasteiger partial charge in [0.15, 0.2) is 0 Å². The SMILES string of the molecule is COCC(C)NC(C)C1(C)CC1. The van der Waals surface area contributed by atoms with E-state index in [-0.39, 0.29) is 0 Å². The van der Waals surface area contributed by atoms with E-state index in [0.717, 1.165) is 6.61 Å². The van der Waals surface area contributed by atoms with Crippen LogP contribution >= 0.6 is 0 Å². The van der Waals surface area contributed by atoms with E-state index in [1.807, 2.05) is 0 Å². The average molecular weight is 171 g/mol. The second-order valence-electron chi connectivity index (χ2n) is 4.40. The molecule has 0 aromatic heterocycles. The average Bonchev–Trinajstić information content (AvgIpc) is 2.69. The molecule has 72 valence electrons. The van der Waals surface area contributed by atoms with Gasteiger partial charge in [-0.2, -0.15) is 0 Å². The topological polar surface area (TPSA) is 21.3 Å². The molecule has 0 bridgehead atoms. The van der Waals surface area contributed by atoms with Gasteiger partial charge < -0.3 is 10.1 Å². The Bertz CT molecular complexity index is 143. The minimum Gasteiger partial charge on any atom is -0.383 e. The maximum absolute atomic E-state index is 5.08. The van der Waals surface area contributed by atoms with Crippen molar-refractivity contribution in [3.63, 3.8) is 0 Å². The number of ether oxygens (including phenoxy) is 1. The summed E-state index contributed by atoms with van der Waals surface area (Å²) in [4.78, 5) is 0. The van der Waals surface area contributed by atoms with Gasteiger partial charge in [-0.1, -0.05) is 6.92 Å². The third-order valence-electron chi connectivity index (χ3n) is 3.04. The molecule has 0 spiro atoms. The molecule has 0 aliphatic heterocycles. The van der Waals surface area contributed by atoms with E-state index in [4.69, 9.17) is 4.74 Å². The predicted octanol–water partition coefficient (Wildman–Crippen LogP) is 1.80. The Morgan fingerprint density at radius 1 is 1.42 bits per heavy atom. The fourth-order valence-electron chi connectivity index (χ4n) is 1.56. The molecule has 1 aliphatic rings. The molecule has 0 aromatic rings. The van der Waals surface area contributed by atoms with Crippen LogP contribution in [0.3, 0.4) is 0 Å². The summed E-state index contributed by atoms with van der Waals surface area (Å²) in [6.07, 6.45) is 2.75. The van der Waals surface area contributed by atoms with E-state index in [1.165, 1.54) is 12.8 Å². The van der Waals surface area contributed by atoms with Crippen LogP contribution < -0.4 is 5.32 Å². The Hall–Kier alpha value is -0.0800. The molecule has 0 saturated heterocycles. The Labute approximate surface area is 75.7 Å². The molecule has 2 unspecified atom stereocenters. The van der Waals surface area contributed by atoms with Crippen molar-refractivity contribution in [1.29, 1.82) is 0 Å². The minimum absolute atomic E-state index is 0.474. The predicted molar refractivity (Wildman–Crippen MR) is 51.3 cm³/mol. The number of methoxy groups -OCH3 is 1. The lowest BCUT2D eigenvalue weighted by Gasteiger charge is -2.24. The zero-order valence-corrected chi connectivity index (χ0v) is 8.68. The van der Waals surface area contributed by atoms with Crippen LogP contribution in [-0.2, 0) is 4.74 Å². The summed E-state index contributed by atoms with van der Waals surface area (Å²) in [5.74, 6) is 0. The highest BCUT2D eigenvalue weighted by Gasteiger charge is 2.42. The molecular formula is C10H21NO. The summed E-state index contributed by atoms with van der Waals surface area (Å²) in [7, 11) is 1.75. The van der Waals surface area contributed by atoms with Gasteiger partial charge in [-0.3, -0.25) is 0 Å². The van der Waals surface area contributed by atoms with Crippen molar-refractivity contribution in [3.8, 4) is 0 Å². The molecular weight excluding hydrogens is 150 g/mol. The van der Waals surface area contributed by atoms with E-state index in [1.54, 1.807) is 7.11 Å². The molecule has 0 aromatic carbocycles. The maximum atomic E-state index is 5.08. The first kappa shape index (κ1) is 10.0.